The molecule has 1 aromatic rings. The number of carbonyl (C=O) groups is 2. The van der Waals surface area contributed by atoms with Gasteiger partial charge in [-0.1, -0.05) is 44.2 Å². The van der Waals surface area contributed by atoms with Gasteiger partial charge in [-0.05, 0) is 24.8 Å². The van der Waals surface area contributed by atoms with E-state index < -0.39 is 28.1 Å². The van der Waals surface area contributed by atoms with Gasteiger partial charge in [0.05, 0.1) is 24.0 Å². The third-order valence-electron chi connectivity index (χ3n) is 7.96. The van der Waals surface area contributed by atoms with E-state index in [1.165, 1.54) is 0 Å². The molecule has 5 atom stereocenters. The first-order valence-electron chi connectivity index (χ1n) is 9.51. The van der Waals surface area contributed by atoms with Crippen molar-refractivity contribution in [3.05, 3.63) is 47.2 Å². The summed E-state index contributed by atoms with van der Waals surface area (Å²) < 4.78 is 12.2. The minimum absolute atomic E-state index is 0.149. The normalized spacial score (nSPS) is 44.3. The maximum absolute atomic E-state index is 13.6. The van der Waals surface area contributed by atoms with Crippen molar-refractivity contribution in [2.24, 2.45) is 16.7 Å². The quantitative estimate of drug-likeness (QED) is 0.825. The Morgan fingerprint density at radius 2 is 1.74 bits per heavy atom. The Labute approximate surface area is 158 Å². The van der Waals surface area contributed by atoms with Crippen molar-refractivity contribution in [1.82, 2.24) is 0 Å². The molecular formula is C22H24O5. The summed E-state index contributed by atoms with van der Waals surface area (Å²) in [5.41, 5.74) is -3.51. The molecule has 0 radical (unpaired) electrons. The van der Waals surface area contributed by atoms with E-state index >= 15 is 0 Å². The lowest BCUT2D eigenvalue weighted by Gasteiger charge is -2.64. The molecule has 1 aromatic carbocycles. The lowest BCUT2D eigenvalue weighted by molar-refractivity contribution is -0.208. The maximum atomic E-state index is 13.6. The van der Waals surface area contributed by atoms with Gasteiger partial charge >= 0.3 is 0 Å². The van der Waals surface area contributed by atoms with Gasteiger partial charge in [-0.15, -0.1) is 0 Å². The number of ketones is 2. The number of benzene rings is 1. The predicted octanol–water partition coefficient (Wildman–Crippen LogP) is 2.74. The number of Topliss-reactive ketones (excluding diaryl/α,β-unsaturated/α-hetero) is 2. The van der Waals surface area contributed by atoms with Crippen LogP contribution in [0.3, 0.4) is 0 Å². The molecule has 2 heterocycles. The van der Waals surface area contributed by atoms with Crippen molar-refractivity contribution in [2.75, 3.05) is 6.61 Å². The van der Waals surface area contributed by atoms with Gasteiger partial charge in [0.15, 0.2) is 17.2 Å². The molecule has 2 aliphatic heterocycles. The zero-order chi connectivity index (χ0) is 19.4. The number of ether oxygens (including phenoxy) is 2. The van der Waals surface area contributed by atoms with Gasteiger partial charge < -0.3 is 14.6 Å². The minimum Gasteiger partial charge on any atom is -0.488 e. The number of aliphatic hydroxyl groups is 1. The molecule has 0 spiro atoms. The van der Waals surface area contributed by atoms with Crippen molar-refractivity contribution in [1.29, 1.82) is 0 Å². The molecule has 0 amide bonds. The Kier molecular flexibility index (Phi) is 2.99. The summed E-state index contributed by atoms with van der Waals surface area (Å²) in [6.07, 6.45) is -0.300. The van der Waals surface area contributed by atoms with Crippen LogP contribution in [0.25, 0.3) is 0 Å². The van der Waals surface area contributed by atoms with Gasteiger partial charge in [0.2, 0.25) is 0 Å². The fourth-order valence-corrected chi connectivity index (χ4v) is 5.96. The summed E-state index contributed by atoms with van der Waals surface area (Å²) in [7, 11) is 0. The first-order valence-corrected chi connectivity index (χ1v) is 9.51. The number of hydrogen-bond acceptors (Lipinski definition) is 5. The molecule has 5 aliphatic rings. The third kappa shape index (κ3) is 1.57. The Morgan fingerprint density at radius 3 is 2.41 bits per heavy atom. The van der Waals surface area contributed by atoms with Crippen LogP contribution in [0.2, 0.25) is 0 Å². The van der Waals surface area contributed by atoms with E-state index in [0.29, 0.717) is 5.76 Å². The average molecular weight is 368 g/mol. The van der Waals surface area contributed by atoms with Crippen molar-refractivity contribution in [3.8, 4) is 0 Å². The Bertz CT molecular complexity index is 916. The van der Waals surface area contributed by atoms with Crippen LogP contribution in [0.4, 0.5) is 0 Å². The molecule has 142 valence electrons. The van der Waals surface area contributed by atoms with Crippen LogP contribution >= 0.6 is 0 Å². The highest BCUT2D eigenvalue weighted by Gasteiger charge is 2.83. The number of allylic oxidation sites excluding steroid dienone is 1. The van der Waals surface area contributed by atoms with E-state index in [2.05, 4.69) is 0 Å². The van der Waals surface area contributed by atoms with E-state index in [1.807, 2.05) is 51.1 Å². The molecular weight excluding hydrogens is 344 g/mol. The lowest BCUT2D eigenvalue weighted by atomic mass is 9.39. The van der Waals surface area contributed by atoms with Crippen molar-refractivity contribution < 1.29 is 24.2 Å². The average Bonchev–Trinajstić information content (AvgIpc) is 2.90. The van der Waals surface area contributed by atoms with Crippen LogP contribution in [0, 0.1) is 16.7 Å². The van der Waals surface area contributed by atoms with Gasteiger partial charge in [0.1, 0.15) is 17.5 Å². The zero-order valence-electron chi connectivity index (χ0n) is 16.0. The molecule has 27 heavy (non-hydrogen) atoms. The largest absolute Gasteiger partial charge is 0.488 e. The van der Waals surface area contributed by atoms with E-state index in [9.17, 15) is 14.7 Å². The van der Waals surface area contributed by atoms with Gasteiger partial charge in [0, 0.05) is 5.92 Å². The maximum Gasteiger partial charge on any atom is 0.181 e. The summed E-state index contributed by atoms with van der Waals surface area (Å²) >= 11 is 0. The molecule has 4 bridgehead atoms. The molecule has 0 aromatic heterocycles. The fourth-order valence-electron chi connectivity index (χ4n) is 5.96. The summed E-state index contributed by atoms with van der Waals surface area (Å²) in [4.78, 5) is 26.9. The van der Waals surface area contributed by atoms with Gasteiger partial charge in [-0.2, -0.15) is 0 Å². The standard InChI is InChI=1S/C22H24O5/c1-19(2)15-11-26-21(4)18(24)20(19,3)17-16(22(15,21)25)13(23)10-14(27-17)12-8-6-5-7-9-12/h5-9,14-15,25H,10-11H2,1-4H3/t14-,15?,20+,21+,22+/m1/s1. The number of rotatable bonds is 1. The minimum atomic E-state index is -1.64. The van der Waals surface area contributed by atoms with Crippen molar-refractivity contribution in [3.63, 3.8) is 0 Å². The SMILES string of the molecule is CC1(C)C2CO[C@@]3(C)C(=O)[C@]1(C)C1=C(C(=O)C[C@H](c4ccccc4)O1)[C@@]23O. The Balaban J connectivity index is 1.76. The van der Waals surface area contributed by atoms with Gasteiger partial charge in [-0.3, -0.25) is 9.59 Å². The Morgan fingerprint density at radius 1 is 1.07 bits per heavy atom. The molecule has 1 saturated heterocycles. The summed E-state index contributed by atoms with van der Waals surface area (Å²) in [5.74, 6) is -0.332. The van der Waals surface area contributed by atoms with Crippen molar-refractivity contribution in [2.45, 2.75) is 51.4 Å². The lowest BCUT2D eigenvalue weighted by Crippen LogP contribution is -2.77. The predicted molar refractivity (Wildman–Crippen MR) is 96.6 cm³/mol. The van der Waals surface area contributed by atoms with Crippen LogP contribution in [0.5, 0.6) is 0 Å². The smallest absolute Gasteiger partial charge is 0.181 e. The highest BCUT2D eigenvalue weighted by Crippen LogP contribution is 2.72. The molecule has 1 unspecified atom stereocenters. The number of hydrogen-bond donors (Lipinski definition) is 1. The summed E-state index contributed by atoms with van der Waals surface area (Å²) in [6, 6.07) is 9.55. The van der Waals surface area contributed by atoms with E-state index in [-0.39, 0.29) is 36.1 Å². The van der Waals surface area contributed by atoms with Gasteiger partial charge in [-0.25, -0.2) is 0 Å². The van der Waals surface area contributed by atoms with E-state index in [1.54, 1.807) is 6.92 Å². The highest BCUT2D eigenvalue weighted by molar-refractivity contribution is 6.09. The Hall–Kier alpha value is -1.98. The monoisotopic (exact) mass is 368 g/mol. The van der Waals surface area contributed by atoms with Crippen LogP contribution in [0.15, 0.2) is 41.7 Å². The molecule has 1 N–H and O–H groups in total. The first kappa shape index (κ1) is 17.1. The first-order chi connectivity index (χ1) is 12.6. The van der Waals surface area contributed by atoms with Crippen LogP contribution in [-0.4, -0.2) is 34.5 Å². The second-order valence-corrected chi connectivity index (χ2v) is 9.19. The van der Waals surface area contributed by atoms with E-state index in [0.717, 1.165) is 5.56 Å². The zero-order valence-corrected chi connectivity index (χ0v) is 16.0. The molecule has 5 nitrogen and oxygen atoms in total. The molecule has 6 rings (SSSR count). The van der Waals surface area contributed by atoms with Crippen molar-refractivity contribution >= 4 is 11.6 Å². The molecule has 5 heteroatoms. The van der Waals surface area contributed by atoms with Gasteiger partial charge in [0.25, 0.3) is 0 Å². The second-order valence-electron chi connectivity index (χ2n) is 9.19. The molecule has 3 aliphatic carbocycles. The van der Waals surface area contributed by atoms with Crippen LogP contribution < -0.4 is 0 Å². The third-order valence-corrected chi connectivity index (χ3v) is 7.96. The van der Waals surface area contributed by atoms with E-state index in [4.69, 9.17) is 9.47 Å². The topological polar surface area (TPSA) is 72.8 Å². The summed E-state index contributed by atoms with van der Waals surface area (Å²) in [5, 5.41) is 11.8. The van der Waals surface area contributed by atoms with Crippen LogP contribution in [0.1, 0.15) is 45.8 Å². The molecule has 1 saturated carbocycles. The second kappa shape index (κ2) is 4.70. The molecule has 2 fully saturated rings. The highest BCUT2D eigenvalue weighted by atomic mass is 16.5. The fraction of sp³-hybridized carbons (Fsp3) is 0.545. The summed E-state index contributed by atoms with van der Waals surface area (Å²) in [6.45, 7) is 7.68. The number of carbonyl (C=O) groups excluding carboxylic acids is 2. The van der Waals surface area contributed by atoms with Crippen LogP contribution in [-0.2, 0) is 19.1 Å².